The molecule has 1 aromatic carbocycles. The maximum absolute atomic E-state index is 12.9. The molecule has 8 nitrogen and oxygen atoms in total. The van der Waals surface area contributed by atoms with Gasteiger partial charge in [0.1, 0.15) is 29.1 Å². The first-order valence-electron chi connectivity index (χ1n) is 9.07. The van der Waals surface area contributed by atoms with E-state index < -0.39 is 0 Å². The molecule has 2 amide bonds. The number of pyridine rings is 1. The minimum Gasteiger partial charge on any atom is -0.368 e. The maximum atomic E-state index is 12.9. The number of carbonyl (C=O) groups is 1. The van der Waals surface area contributed by atoms with Gasteiger partial charge < -0.3 is 21.3 Å². The molecule has 4 N–H and O–H groups in total. The third-order valence-corrected chi connectivity index (χ3v) is 3.83. The molecule has 0 saturated carbocycles. The number of hydrogen-bond donors (Lipinski definition) is 4. The molecule has 2 heterocycles. The van der Waals surface area contributed by atoms with Crippen LogP contribution in [0.25, 0.3) is 0 Å². The van der Waals surface area contributed by atoms with E-state index in [0.717, 1.165) is 5.56 Å². The lowest BCUT2D eigenvalue weighted by Gasteiger charge is -2.11. The fourth-order valence-corrected chi connectivity index (χ4v) is 2.53. The van der Waals surface area contributed by atoms with Gasteiger partial charge >= 0.3 is 6.03 Å². The summed E-state index contributed by atoms with van der Waals surface area (Å²) >= 11 is 0. The number of amides is 2. The second-order valence-corrected chi connectivity index (χ2v) is 6.34. The van der Waals surface area contributed by atoms with Gasteiger partial charge in [-0.25, -0.2) is 24.1 Å². The SMILES string of the molecule is Cc1ccnc(Nc2cc(NCCNC(=O)Nc3ccc(F)cc3)nc(C)n2)c1. The molecule has 0 aliphatic carbocycles. The van der Waals surface area contributed by atoms with Crippen LogP contribution in [0, 0.1) is 19.7 Å². The molecule has 9 heteroatoms. The van der Waals surface area contributed by atoms with Crippen LogP contribution in [0.1, 0.15) is 11.4 Å². The van der Waals surface area contributed by atoms with Gasteiger partial charge in [0.05, 0.1) is 0 Å². The van der Waals surface area contributed by atoms with Crippen molar-refractivity contribution in [3.63, 3.8) is 0 Å². The Kier molecular flexibility index (Phi) is 6.51. The molecule has 3 rings (SSSR count). The lowest BCUT2D eigenvalue weighted by atomic mass is 10.3. The van der Waals surface area contributed by atoms with E-state index in [1.54, 1.807) is 19.2 Å². The Morgan fingerprint density at radius 2 is 1.72 bits per heavy atom. The highest BCUT2D eigenvalue weighted by molar-refractivity contribution is 5.89. The van der Waals surface area contributed by atoms with Gasteiger partial charge in [0.15, 0.2) is 0 Å². The topological polar surface area (TPSA) is 104 Å². The summed E-state index contributed by atoms with van der Waals surface area (Å²) in [5, 5.41) is 11.7. The largest absolute Gasteiger partial charge is 0.368 e. The van der Waals surface area contributed by atoms with Crippen LogP contribution < -0.4 is 21.3 Å². The minimum absolute atomic E-state index is 0.354. The summed E-state index contributed by atoms with van der Waals surface area (Å²) in [6, 6.07) is 10.8. The number of aromatic nitrogens is 3. The zero-order valence-corrected chi connectivity index (χ0v) is 16.2. The molecular weight excluding hydrogens is 373 g/mol. The molecule has 29 heavy (non-hydrogen) atoms. The molecule has 0 unspecified atom stereocenters. The summed E-state index contributed by atoms with van der Waals surface area (Å²) in [4.78, 5) is 24.8. The Labute approximate surface area is 168 Å². The van der Waals surface area contributed by atoms with Crippen molar-refractivity contribution in [3.8, 4) is 0 Å². The molecule has 0 saturated heterocycles. The van der Waals surface area contributed by atoms with E-state index in [0.29, 0.717) is 42.1 Å². The molecular formula is C20H22FN7O. The van der Waals surface area contributed by atoms with Crippen LogP contribution in [0.2, 0.25) is 0 Å². The van der Waals surface area contributed by atoms with Crippen molar-refractivity contribution >= 4 is 29.2 Å². The molecule has 0 aliphatic heterocycles. The third-order valence-electron chi connectivity index (χ3n) is 3.83. The molecule has 150 valence electrons. The molecule has 3 aromatic rings. The van der Waals surface area contributed by atoms with Crippen LogP contribution in [0.4, 0.5) is 32.3 Å². The van der Waals surface area contributed by atoms with Gasteiger partial charge in [0.2, 0.25) is 0 Å². The molecule has 0 aliphatic rings. The average Bonchev–Trinajstić information content (AvgIpc) is 2.67. The fourth-order valence-electron chi connectivity index (χ4n) is 2.53. The summed E-state index contributed by atoms with van der Waals surface area (Å²) in [5.74, 6) is 2.21. The van der Waals surface area contributed by atoms with E-state index in [1.807, 2.05) is 19.1 Å². The Bertz CT molecular complexity index is 979. The van der Waals surface area contributed by atoms with E-state index in [1.165, 1.54) is 24.3 Å². The van der Waals surface area contributed by atoms with Crippen molar-refractivity contribution in [2.75, 3.05) is 29.0 Å². The summed E-state index contributed by atoms with van der Waals surface area (Å²) < 4.78 is 12.9. The maximum Gasteiger partial charge on any atom is 0.319 e. The predicted octanol–water partition coefficient (Wildman–Crippen LogP) is 3.60. The van der Waals surface area contributed by atoms with Gasteiger partial charge in [-0.3, -0.25) is 0 Å². The van der Waals surface area contributed by atoms with E-state index in [4.69, 9.17) is 0 Å². The Hall–Kier alpha value is -3.75. The normalized spacial score (nSPS) is 10.3. The van der Waals surface area contributed by atoms with Crippen LogP contribution in [-0.2, 0) is 0 Å². The highest BCUT2D eigenvalue weighted by Crippen LogP contribution is 2.16. The molecule has 0 atom stereocenters. The first kappa shape index (κ1) is 20.0. The summed E-state index contributed by atoms with van der Waals surface area (Å²) in [6.45, 7) is 4.63. The molecule has 0 radical (unpaired) electrons. The number of nitrogens with zero attached hydrogens (tertiary/aromatic N) is 3. The van der Waals surface area contributed by atoms with Crippen molar-refractivity contribution in [2.45, 2.75) is 13.8 Å². The second-order valence-electron chi connectivity index (χ2n) is 6.34. The highest BCUT2D eigenvalue weighted by atomic mass is 19.1. The number of halogens is 1. The van der Waals surface area contributed by atoms with E-state index in [-0.39, 0.29) is 11.8 Å². The van der Waals surface area contributed by atoms with Gasteiger partial charge in [-0.15, -0.1) is 0 Å². The fraction of sp³-hybridized carbons (Fsp3) is 0.200. The van der Waals surface area contributed by atoms with Crippen molar-refractivity contribution < 1.29 is 9.18 Å². The summed E-state index contributed by atoms with van der Waals surface area (Å²) in [6.07, 6.45) is 1.73. The zero-order valence-electron chi connectivity index (χ0n) is 16.2. The van der Waals surface area contributed by atoms with Crippen molar-refractivity contribution in [3.05, 3.63) is 65.9 Å². The number of nitrogens with one attached hydrogen (secondary N) is 4. The summed E-state index contributed by atoms with van der Waals surface area (Å²) in [7, 11) is 0. The smallest absolute Gasteiger partial charge is 0.319 e. The number of carbonyl (C=O) groups excluding carboxylic acids is 1. The highest BCUT2D eigenvalue weighted by Gasteiger charge is 2.05. The monoisotopic (exact) mass is 395 g/mol. The van der Waals surface area contributed by atoms with Gasteiger partial charge in [-0.05, 0) is 55.8 Å². The van der Waals surface area contributed by atoms with Crippen LogP contribution >= 0.6 is 0 Å². The predicted molar refractivity (Wildman–Crippen MR) is 111 cm³/mol. The Morgan fingerprint density at radius 1 is 0.966 bits per heavy atom. The van der Waals surface area contributed by atoms with E-state index in [9.17, 15) is 9.18 Å². The molecule has 2 aromatic heterocycles. The number of rotatable bonds is 7. The van der Waals surface area contributed by atoms with Gasteiger partial charge in [-0.1, -0.05) is 0 Å². The lowest BCUT2D eigenvalue weighted by molar-refractivity contribution is 0.252. The van der Waals surface area contributed by atoms with Crippen LogP contribution in [0.3, 0.4) is 0 Å². The van der Waals surface area contributed by atoms with Gasteiger partial charge in [0.25, 0.3) is 0 Å². The number of aryl methyl sites for hydroxylation is 2. The molecule has 0 fully saturated rings. The third kappa shape index (κ3) is 6.42. The van der Waals surface area contributed by atoms with Crippen LogP contribution in [-0.4, -0.2) is 34.1 Å². The van der Waals surface area contributed by atoms with E-state index >= 15 is 0 Å². The lowest BCUT2D eigenvalue weighted by Crippen LogP contribution is -2.32. The summed E-state index contributed by atoms with van der Waals surface area (Å²) in [5.41, 5.74) is 1.61. The Morgan fingerprint density at radius 3 is 2.48 bits per heavy atom. The first-order chi connectivity index (χ1) is 14.0. The Balaban J connectivity index is 1.48. The van der Waals surface area contributed by atoms with Gasteiger partial charge in [-0.2, -0.15) is 0 Å². The number of benzene rings is 1. The van der Waals surface area contributed by atoms with Gasteiger partial charge in [0, 0.05) is 31.0 Å². The average molecular weight is 395 g/mol. The second kappa shape index (κ2) is 9.45. The molecule has 0 bridgehead atoms. The van der Waals surface area contributed by atoms with Crippen molar-refractivity contribution in [1.29, 1.82) is 0 Å². The molecule has 0 spiro atoms. The minimum atomic E-state index is -0.370. The standard InChI is InChI=1S/C20H22FN7O/c1-13-7-8-22-17(11-13)28-19-12-18(25-14(2)26-19)23-9-10-24-20(29)27-16-5-3-15(21)4-6-16/h3-8,11-12H,9-10H2,1-2H3,(H2,24,27,29)(H2,22,23,25,26,28). The van der Waals surface area contributed by atoms with Crippen LogP contribution in [0.5, 0.6) is 0 Å². The number of urea groups is 1. The number of hydrogen-bond acceptors (Lipinski definition) is 6. The van der Waals surface area contributed by atoms with E-state index in [2.05, 4.69) is 36.2 Å². The van der Waals surface area contributed by atoms with Crippen molar-refractivity contribution in [2.24, 2.45) is 0 Å². The quantitative estimate of drug-likeness (QED) is 0.456. The zero-order chi connectivity index (χ0) is 20.6. The van der Waals surface area contributed by atoms with Crippen LogP contribution in [0.15, 0.2) is 48.7 Å². The number of anilines is 4. The first-order valence-corrected chi connectivity index (χ1v) is 9.07. The van der Waals surface area contributed by atoms with Crippen molar-refractivity contribution in [1.82, 2.24) is 20.3 Å².